The zero-order valence-electron chi connectivity index (χ0n) is 13.1. The Hall–Kier alpha value is -1.77. The van der Waals surface area contributed by atoms with Crippen molar-refractivity contribution in [2.45, 2.75) is 30.4 Å². The molecule has 7 nitrogen and oxygen atoms in total. The molecule has 2 N–H and O–H groups in total. The summed E-state index contributed by atoms with van der Waals surface area (Å²) in [5, 5.41) is 0. The van der Waals surface area contributed by atoms with E-state index in [1.54, 1.807) is 30.3 Å². The summed E-state index contributed by atoms with van der Waals surface area (Å²) in [6.45, 7) is 0.368. The van der Waals surface area contributed by atoms with Crippen LogP contribution in [0.1, 0.15) is 12.0 Å². The zero-order valence-corrected chi connectivity index (χ0v) is 13.9. The van der Waals surface area contributed by atoms with Crippen LogP contribution in [0.3, 0.4) is 0 Å². The molecule has 2 fully saturated rings. The van der Waals surface area contributed by atoms with Gasteiger partial charge >= 0.3 is 0 Å². The molecule has 0 spiro atoms. The van der Waals surface area contributed by atoms with Crippen LogP contribution in [-0.2, 0) is 29.9 Å². The molecule has 0 saturated carbocycles. The minimum atomic E-state index is -3.53. The quantitative estimate of drug-likeness (QED) is 0.765. The van der Waals surface area contributed by atoms with Crippen molar-refractivity contribution in [3.05, 3.63) is 35.9 Å². The Kier molecular flexibility index (Phi) is 4.71. The zero-order chi connectivity index (χ0) is 17.3. The molecule has 2 aliphatic rings. The molecule has 0 aromatic heterocycles. The number of ketones is 1. The van der Waals surface area contributed by atoms with Crippen molar-refractivity contribution in [1.29, 1.82) is 0 Å². The van der Waals surface area contributed by atoms with Gasteiger partial charge in [-0.3, -0.25) is 9.59 Å². The summed E-state index contributed by atoms with van der Waals surface area (Å²) in [5.41, 5.74) is 6.49. The summed E-state index contributed by atoms with van der Waals surface area (Å²) in [4.78, 5) is 25.7. The lowest BCUT2D eigenvalue weighted by molar-refractivity contribution is -0.137. The van der Waals surface area contributed by atoms with Gasteiger partial charge in [0, 0.05) is 6.54 Å². The van der Waals surface area contributed by atoms with Crippen molar-refractivity contribution in [3.63, 3.8) is 0 Å². The number of likely N-dealkylation sites (tertiary alicyclic amines) is 1. The molecule has 1 aromatic carbocycles. The number of fused-ring (bicyclic) bond motifs is 1. The second-order valence-electron chi connectivity index (χ2n) is 6.23. The van der Waals surface area contributed by atoms with Crippen LogP contribution in [0.4, 0.5) is 0 Å². The highest BCUT2D eigenvalue weighted by atomic mass is 32.2. The summed E-state index contributed by atoms with van der Waals surface area (Å²) >= 11 is 0. The van der Waals surface area contributed by atoms with E-state index in [4.69, 9.17) is 10.5 Å². The number of nitrogens with two attached hydrogens (primary N) is 1. The summed E-state index contributed by atoms with van der Waals surface area (Å²) in [5.74, 6) is -1.25. The Labute approximate surface area is 140 Å². The number of amides is 1. The maximum atomic E-state index is 12.5. The molecule has 3 atom stereocenters. The number of carbonyl (C=O) groups is 2. The summed E-state index contributed by atoms with van der Waals surface area (Å²) < 4.78 is 29.9. The van der Waals surface area contributed by atoms with Crippen LogP contribution in [0.2, 0.25) is 0 Å². The van der Waals surface area contributed by atoms with Crippen molar-refractivity contribution in [3.8, 4) is 0 Å². The third-order valence-corrected chi connectivity index (χ3v) is 6.02. The van der Waals surface area contributed by atoms with E-state index in [0.717, 1.165) is 0 Å². The van der Waals surface area contributed by atoms with Crippen molar-refractivity contribution < 1.29 is 22.7 Å². The Morgan fingerprint density at radius 3 is 2.75 bits per heavy atom. The highest BCUT2D eigenvalue weighted by Gasteiger charge is 2.47. The Morgan fingerprint density at radius 1 is 1.33 bits per heavy atom. The average Bonchev–Trinajstić information content (AvgIpc) is 3.10. The van der Waals surface area contributed by atoms with Crippen LogP contribution >= 0.6 is 0 Å². The van der Waals surface area contributed by atoms with Crippen molar-refractivity contribution in [2.75, 3.05) is 18.9 Å². The van der Waals surface area contributed by atoms with Gasteiger partial charge in [0.05, 0.1) is 23.7 Å². The second kappa shape index (κ2) is 6.62. The first-order chi connectivity index (χ1) is 11.4. The lowest BCUT2D eigenvalue weighted by atomic mass is 10.1. The summed E-state index contributed by atoms with van der Waals surface area (Å²) in [7, 11) is -3.53. The molecule has 1 aromatic rings. The van der Waals surface area contributed by atoms with Gasteiger partial charge in [-0.15, -0.1) is 0 Å². The predicted molar refractivity (Wildman–Crippen MR) is 86.8 cm³/mol. The third-order valence-electron chi connectivity index (χ3n) is 4.38. The van der Waals surface area contributed by atoms with Gasteiger partial charge in [0.25, 0.3) is 0 Å². The van der Waals surface area contributed by atoms with Gasteiger partial charge in [-0.1, -0.05) is 30.3 Å². The van der Waals surface area contributed by atoms with E-state index in [0.29, 0.717) is 18.5 Å². The lowest BCUT2D eigenvalue weighted by Crippen LogP contribution is -2.51. The van der Waals surface area contributed by atoms with Crippen LogP contribution in [-0.4, -0.2) is 62.1 Å². The summed E-state index contributed by atoms with van der Waals surface area (Å²) in [6.07, 6.45) is 0.292. The number of hydrogen-bond donors (Lipinski definition) is 1. The fraction of sp³-hybridized carbons (Fsp3) is 0.500. The van der Waals surface area contributed by atoms with E-state index in [-0.39, 0.29) is 24.2 Å². The number of Topliss-reactive ketones (excluding diaryl/α,β-unsaturated/α-hetero) is 1. The normalized spacial score (nSPS) is 24.9. The highest BCUT2D eigenvalue weighted by Crippen LogP contribution is 2.27. The van der Waals surface area contributed by atoms with Crippen LogP contribution in [0, 0.1) is 0 Å². The number of nitrogens with zero attached hydrogens (tertiary/aromatic N) is 1. The largest absolute Gasteiger partial charge is 0.368 e. The SMILES string of the molecule is NC(CS(=O)(=O)Cc1ccccc1)C(=O)N1CCC2OCC(=O)C21. The van der Waals surface area contributed by atoms with Gasteiger partial charge in [0.2, 0.25) is 5.91 Å². The van der Waals surface area contributed by atoms with Crippen LogP contribution in [0.15, 0.2) is 30.3 Å². The minimum Gasteiger partial charge on any atom is -0.368 e. The first kappa shape index (κ1) is 17.1. The number of ether oxygens (including phenoxy) is 1. The predicted octanol–water partition coefficient (Wildman–Crippen LogP) is -0.502. The Morgan fingerprint density at radius 2 is 2.04 bits per heavy atom. The van der Waals surface area contributed by atoms with Crippen LogP contribution in [0.5, 0.6) is 0 Å². The fourth-order valence-corrected chi connectivity index (χ4v) is 4.79. The van der Waals surface area contributed by atoms with E-state index in [2.05, 4.69) is 0 Å². The smallest absolute Gasteiger partial charge is 0.241 e. The van der Waals surface area contributed by atoms with Gasteiger partial charge < -0.3 is 15.4 Å². The van der Waals surface area contributed by atoms with Gasteiger partial charge in [0.15, 0.2) is 15.6 Å². The van der Waals surface area contributed by atoms with Gasteiger partial charge in [-0.05, 0) is 12.0 Å². The number of rotatable bonds is 5. The van der Waals surface area contributed by atoms with E-state index in [1.165, 1.54) is 4.90 Å². The molecule has 1 amide bonds. The Bertz CT molecular complexity index is 734. The van der Waals surface area contributed by atoms with Crippen molar-refractivity contribution in [1.82, 2.24) is 4.90 Å². The molecular weight excluding hydrogens is 332 g/mol. The number of benzene rings is 1. The molecule has 130 valence electrons. The van der Waals surface area contributed by atoms with Gasteiger partial charge in [0.1, 0.15) is 12.6 Å². The minimum absolute atomic E-state index is 0.000652. The van der Waals surface area contributed by atoms with E-state index in [9.17, 15) is 18.0 Å². The van der Waals surface area contributed by atoms with Gasteiger partial charge in [-0.25, -0.2) is 8.42 Å². The maximum absolute atomic E-state index is 12.5. The first-order valence-corrected chi connectivity index (χ1v) is 9.64. The fourth-order valence-electron chi connectivity index (χ4n) is 3.29. The van der Waals surface area contributed by atoms with E-state index < -0.39 is 33.6 Å². The summed E-state index contributed by atoms with van der Waals surface area (Å²) in [6, 6.07) is 6.95. The van der Waals surface area contributed by atoms with Gasteiger partial charge in [-0.2, -0.15) is 0 Å². The van der Waals surface area contributed by atoms with Crippen LogP contribution < -0.4 is 5.73 Å². The average molecular weight is 352 g/mol. The highest BCUT2D eigenvalue weighted by molar-refractivity contribution is 7.90. The standard InChI is InChI=1S/C16H20N2O5S/c17-12(10-24(21,22)9-11-4-2-1-3-5-11)16(20)18-7-6-14-15(18)13(19)8-23-14/h1-5,12,14-15H,6-10,17H2. The molecule has 0 radical (unpaired) electrons. The monoisotopic (exact) mass is 352 g/mol. The molecule has 2 saturated heterocycles. The van der Waals surface area contributed by atoms with E-state index >= 15 is 0 Å². The Balaban J connectivity index is 1.65. The van der Waals surface area contributed by atoms with Crippen molar-refractivity contribution in [2.24, 2.45) is 5.73 Å². The second-order valence-corrected chi connectivity index (χ2v) is 8.34. The van der Waals surface area contributed by atoms with Crippen LogP contribution in [0.25, 0.3) is 0 Å². The molecule has 3 rings (SSSR count). The first-order valence-electron chi connectivity index (χ1n) is 7.82. The number of hydrogen-bond acceptors (Lipinski definition) is 6. The number of sulfone groups is 1. The molecule has 0 bridgehead atoms. The molecule has 2 aliphatic heterocycles. The molecule has 0 aliphatic carbocycles. The van der Waals surface area contributed by atoms with Crippen molar-refractivity contribution >= 4 is 21.5 Å². The molecule has 8 heteroatoms. The molecule has 3 unspecified atom stereocenters. The maximum Gasteiger partial charge on any atom is 0.241 e. The molecular formula is C16H20N2O5S. The third kappa shape index (κ3) is 3.50. The molecule has 24 heavy (non-hydrogen) atoms. The molecule has 2 heterocycles. The van der Waals surface area contributed by atoms with E-state index in [1.807, 2.05) is 0 Å². The lowest BCUT2D eigenvalue weighted by Gasteiger charge is -2.24. The topological polar surface area (TPSA) is 107 Å². The number of carbonyl (C=O) groups excluding carboxylic acids is 2.